The normalized spacial score (nSPS) is 12.7. The molecule has 2 heterocycles. The van der Waals surface area contributed by atoms with E-state index < -0.39 is 0 Å². The van der Waals surface area contributed by atoms with Gasteiger partial charge in [0, 0.05) is 11.6 Å². The summed E-state index contributed by atoms with van der Waals surface area (Å²) in [7, 11) is 2.02. The lowest BCUT2D eigenvalue weighted by Crippen LogP contribution is -3.06. The van der Waals surface area contributed by atoms with Crippen molar-refractivity contribution in [2.45, 2.75) is 26.4 Å². The molecule has 0 bridgehead atoms. The Labute approximate surface area is 137 Å². The first-order valence-electron chi connectivity index (χ1n) is 7.49. The van der Waals surface area contributed by atoms with Crippen molar-refractivity contribution in [3.63, 3.8) is 0 Å². The second kappa shape index (κ2) is 6.55. The molecule has 5 nitrogen and oxygen atoms in total. The third-order valence-electron chi connectivity index (χ3n) is 3.54. The quantitative estimate of drug-likeness (QED) is 0.760. The van der Waals surface area contributed by atoms with Gasteiger partial charge in [0.15, 0.2) is 0 Å². The van der Waals surface area contributed by atoms with Gasteiger partial charge < -0.3 is 4.90 Å². The van der Waals surface area contributed by atoms with E-state index >= 15 is 0 Å². The Kier molecular flexibility index (Phi) is 4.49. The van der Waals surface area contributed by atoms with Gasteiger partial charge in [-0.3, -0.25) is 4.79 Å². The van der Waals surface area contributed by atoms with Crippen molar-refractivity contribution < 1.29 is 9.29 Å². The first-order chi connectivity index (χ1) is 11.0. The third kappa shape index (κ3) is 3.62. The smallest absolute Gasteiger partial charge is 0.275 e. The third-order valence-corrected chi connectivity index (χ3v) is 4.60. The topological polar surface area (TPSA) is 51.7 Å². The molecule has 0 radical (unpaired) electrons. The highest BCUT2D eigenvalue weighted by atomic mass is 32.1. The van der Waals surface area contributed by atoms with Gasteiger partial charge in [-0.15, -0.1) is 0 Å². The van der Waals surface area contributed by atoms with E-state index in [4.69, 9.17) is 0 Å². The van der Waals surface area contributed by atoms with Gasteiger partial charge in [-0.05, 0) is 18.6 Å². The fraction of sp³-hybridized carbons (Fsp3) is 0.312. The molecule has 0 aliphatic rings. The van der Waals surface area contributed by atoms with Gasteiger partial charge in [0.25, 0.3) is 5.56 Å². The number of quaternary nitrogens is 1. The number of nitrogens with one attached hydrogen (secondary N) is 1. The number of benzene rings is 1. The highest BCUT2D eigenvalue weighted by Gasteiger charge is 2.12. The lowest BCUT2D eigenvalue weighted by molar-refractivity contribution is -0.908. The second-order valence-electron chi connectivity index (χ2n) is 5.57. The van der Waals surface area contributed by atoms with Crippen LogP contribution in [-0.4, -0.2) is 21.6 Å². The number of aromatic nitrogens is 3. The van der Waals surface area contributed by atoms with Crippen molar-refractivity contribution in [3.05, 3.63) is 62.8 Å². The zero-order valence-corrected chi connectivity index (χ0v) is 13.9. The first-order valence-corrected chi connectivity index (χ1v) is 8.31. The molecule has 120 valence electrons. The number of halogens is 1. The van der Waals surface area contributed by atoms with Crippen LogP contribution in [0.3, 0.4) is 0 Å². The Morgan fingerprint density at radius 3 is 2.70 bits per heavy atom. The van der Waals surface area contributed by atoms with Crippen molar-refractivity contribution in [1.29, 1.82) is 0 Å². The summed E-state index contributed by atoms with van der Waals surface area (Å²) in [5.74, 6) is -0.233. The predicted molar refractivity (Wildman–Crippen MR) is 87.2 cm³/mol. The van der Waals surface area contributed by atoms with Gasteiger partial charge in [0.1, 0.15) is 29.6 Å². The van der Waals surface area contributed by atoms with Gasteiger partial charge in [-0.25, -0.2) is 9.37 Å². The second-order valence-corrected chi connectivity index (χ2v) is 6.61. The highest BCUT2D eigenvalue weighted by Crippen LogP contribution is 2.11. The van der Waals surface area contributed by atoms with E-state index in [2.05, 4.69) is 10.1 Å². The summed E-state index contributed by atoms with van der Waals surface area (Å²) in [5.41, 5.74) is 1.66. The number of nitrogens with zero attached hydrogens (tertiary/aromatic N) is 3. The Balaban J connectivity index is 1.77. The van der Waals surface area contributed by atoms with E-state index in [1.807, 2.05) is 14.0 Å². The zero-order valence-electron chi connectivity index (χ0n) is 13.0. The summed E-state index contributed by atoms with van der Waals surface area (Å²) >= 11 is 1.45. The van der Waals surface area contributed by atoms with Crippen LogP contribution < -0.4 is 10.5 Å². The molecule has 0 amide bonds. The minimum Gasteiger partial charge on any atom is -0.329 e. The predicted octanol–water partition coefficient (Wildman–Crippen LogP) is 1.07. The summed E-state index contributed by atoms with van der Waals surface area (Å²) in [6, 6.07) is 8.02. The van der Waals surface area contributed by atoms with Crippen LogP contribution in [0, 0.1) is 5.82 Å². The Morgan fingerprint density at radius 2 is 2.00 bits per heavy atom. The van der Waals surface area contributed by atoms with E-state index in [1.165, 1.54) is 32.9 Å². The van der Waals surface area contributed by atoms with Gasteiger partial charge in [-0.1, -0.05) is 30.4 Å². The molecular weight excluding hydrogens is 315 g/mol. The molecule has 3 rings (SSSR count). The molecule has 0 fully saturated rings. The lowest BCUT2D eigenvalue weighted by atomic mass is 10.2. The van der Waals surface area contributed by atoms with Crippen LogP contribution in [-0.2, 0) is 19.5 Å². The van der Waals surface area contributed by atoms with Crippen molar-refractivity contribution in [2.75, 3.05) is 7.05 Å². The van der Waals surface area contributed by atoms with Crippen molar-refractivity contribution >= 4 is 16.3 Å². The first kappa shape index (κ1) is 15.8. The van der Waals surface area contributed by atoms with Crippen molar-refractivity contribution in [1.82, 2.24) is 14.6 Å². The minimum absolute atomic E-state index is 0.143. The number of fused-ring (bicyclic) bond motifs is 1. The maximum Gasteiger partial charge on any atom is 0.275 e. The van der Waals surface area contributed by atoms with E-state index in [1.54, 1.807) is 18.2 Å². The number of hydrogen-bond donors (Lipinski definition) is 1. The molecule has 1 unspecified atom stereocenters. The fourth-order valence-corrected chi connectivity index (χ4v) is 3.31. The van der Waals surface area contributed by atoms with Crippen LogP contribution in [0.2, 0.25) is 0 Å². The van der Waals surface area contributed by atoms with Crippen molar-refractivity contribution in [2.24, 2.45) is 0 Å². The Morgan fingerprint density at radius 1 is 1.26 bits per heavy atom. The molecule has 2 aromatic heterocycles. The summed E-state index contributed by atoms with van der Waals surface area (Å²) in [5, 5.41) is 5.15. The van der Waals surface area contributed by atoms with Gasteiger partial charge in [-0.2, -0.15) is 9.61 Å². The largest absolute Gasteiger partial charge is 0.329 e. The maximum atomic E-state index is 12.9. The number of aryl methyl sites for hydroxylation is 1. The van der Waals surface area contributed by atoms with E-state index in [9.17, 15) is 9.18 Å². The summed E-state index contributed by atoms with van der Waals surface area (Å²) in [6.07, 6.45) is 0.790. The molecule has 23 heavy (non-hydrogen) atoms. The van der Waals surface area contributed by atoms with Crippen LogP contribution in [0.25, 0.3) is 4.96 Å². The molecule has 0 saturated heterocycles. The molecule has 3 aromatic rings. The van der Waals surface area contributed by atoms with Crippen LogP contribution in [0.4, 0.5) is 4.39 Å². The molecule has 0 aliphatic heterocycles. The fourth-order valence-electron chi connectivity index (χ4n) is 2.45. The monoisotopic (exact) mass is 333 g/mol. The lowest BCUT2D eigenvalue weighted by Gasteiger charge is -2.13. The van der Waals surface area contributed by atoms with Gasteiger partial charge in [0.05, 0.1) is 7.05 Å². The minimum atomic E-state index is -0.233. The zero-order chi connectivity index (χ0) is 16.4. The van der Waals surface area contributed by atoms with Gasteiger partial charge in [0.2, 0.25) is 4.96 Å². The van der Waals surface area contributed by atoms with Crippen LogP contribution in [0.15, 0.2) is 35.1 Å². The Hall–Kier alpha value is -2.12. The summed E-state index contributed by atoms with van der Waals surface area (Å²) in [6.45, 7) is 3.37. The van der Waals surface area contributed by atoms with Crippen LogP contribution in [0.5, 0.6) is 0 Å². The molecule has 7 heteroatoms. The maximum absolute atomic E-state index is 12.9. The highest BCUT2D eigenvalue weighted by molar-refractivity contribution is 7.16. The van der Waals surface area contributed by atoms with Gasteiger partial charge >= 0.3 is 0 Å². The Bertz CT molecular complexity index is 872. The average Bonchev–Trinajstić information content (AvgIpc) is 2.93. The standard InChI is InChI=1S/C16H17FN4OS/c1-3-14-19-21-15(22)8-13(18-16(21)23-14)10-20(2)9-11-4-6-12(17)7-5-11/h4-8H,3,9-10H2,1-2H3/p+1. The van der Waals surface area contributed by atoms with E-state index in [0.717, 1.165) is 29.2 Å². The SMILES string of the molecule is CCc1nn2c(=O)cc(C[NH+](C)Cc3ccc(F)cc3)nc2s1. The molecule has 0 spiro atoms. The number of hydrogen-bond acceptors (Lipinski definition) is 4. The molecule has 0 aliphatic carbocycles. The molecule has 1 atom stereocenters. The summed E-state index contributed by atoms with van der Waals surface area (Å²) in [4.78, 5) is 18.5. The molecule has 1 N–H and O–H groups in total. The summed E-state index contributed by atoms with van der Waals surface area (Å²) < 4.78 is 14.3. The van der Waals surface area contributed by atoms with Crippen molar-refractivity contribution in [3.8, 4) is 0 Å². The molecule has 1 aromatic carbocycles. The van der Waals surface area contributed by atoms with E-state index in [-0.39, 0.29) is 11.4 Å². The van der Waals surface area contributed by atoms with E-state index in [0.29, 0.717) is 11.5 Å². The molecular formula is C16H18FN4OS+. The average molecular weight is 333 g/mol. The van der Waals surface area contributed by atoms with Crippen LogP contribution >= 0.6 is 11.3 Å². The number of rotatable bonds is 5. The molecule has 0 saturated carbocycles. The van der Waals surface area contributed by atoms with Crippen LogP contribution in [0.1, 0.15) is 23.2 Å².